The number of ether oxygens (including phenoxy) is 1. The summed E-state index contributed by atoms with van der Waals surface area (Å²) in [5.74, 6) is -4.21. The number of sulfonamides is 1. The fourth-order valence-electron chi connectivity index (χ4n) is 2.93. The molecule has 0 spiro atoms. The van der Waals surface area contributed by atoms with E-state index in [4.69, 9.17) is 9.84 Å². The van der Waals surface area contributed by atoms with Crippen molar-refractivity contribution in [3.8, 4) is 5.75 Å². The topological polar surface area (TPSA) is 110 Å². The lowest BCUT2D eigenvalue weighted by Gasteiger charge is -2.19. The zero-order chi connectivity index (χ0) is 19.1. The van der Waals surface area contributed by atoms with Gasteiger partial charge < -0.3 is 9.84 Å². The van der Waals surface area contributed by atoms with Gasteiger partial charge in [0.2, 0.25) is 10.0 Å². The second-order valence-corrected chi connectivity index (χ2v) is 9.21. The molecule has 2 aliphatic rings. The van der Waals surface area contributed by atoms with E-state index in [0.29, 0.717) is 25.7 Å². The van der Waals surface area contributed by atoms with Crippen molar-refractivity contribution in [2.75, 3.05) is 0 Å². The van der Waals surface area contributed by atoms with Crippen LogP contribution in [0.25, 0.3) is 0 Å². The number of halogens is 1. The molecule has 0 saturated heterocycles. The van der Waals surface area contributed by atoms with E-state index in [1.165, 1.54) is 6.92 Å². The van der Waals surface area contributed by atoms with Crippen molar-refractivity contribution in [3.63, 3.8) is 0 Å². The summed E-state index contributed by atoms with van der Waals surface area (Å²) < 4.78 is 45.7. The molecule has 1 amide bonds. The number of carboxylic acid groups (broad SMARTS) is 1. The van der Waals surface area contributed by atoms with Gasteiger partial charge in [0.1, 0.15) is 0 Å². The predicted molar refractivity (Wildman–Crippen MR) is 90.3 cm³/mol. The second-order valence-electron chi connectivity index (χ2n) is 7.02. The molecule has 9 heteroatoms. The number of amides is 1. The van der Waals surface area contributed by atoms with Crippen LogP contribution < -0.4 is 9.46 Å². The maximum Gasteiger partial charge on any atom is 0.338 e. The summed E-state index contributed by atoms with van der Waals surface area (Å²) in [5, 5.41) is 9.09. The van der Waals surface area contributed by atoms with E-state index in [9.17, 15) is 22.4 Å². The molecule has 0 atom stereocenters. The number of hydrogen-bond donors (Lipinski definition) is 2. The Kier molecular flexibility index (Phi) is 4.68. The molecule has 0 heterocycles. The molecule has 2 saturated carbocycles. The Morgan fingerprint density at radius 2 is 1.81 bits per heavy atom. The number of carboxylic acids is 1. The van der Waals surface area contributed by atoms with Crippen molar-refractivity contribution < 1.29 is 32.2 Å². The fourth-order valence-corrected chi connectivity index (χ4v) is 4.17. The maximum absolute atomic E-state index is 14.6. The molecule has 1 aromatic rings. The summed E-state index contributed by atoms with van der Waals surface area (Å²) >= 11 is 0. The molecule has 0 bridgehead atoms. The molecular formula is C17H20FNO6S. The second kappa shape index (κ2) is 6.53. The largest absolute Gasteiger partial charge is 0.486 e. The van der Waals surface area contributed by atoms with Gasteiger partial charge in [0.25, 0.3) is 5.91 Å². The Labute approximate surface area is 150 Å². The van der Waals surface area contributed by atoms with Crippen LogP contribution in [0.4, 0.5) is 4.39 Å². The minimum Gasteiger partial charge on any atom is -0.486 e. The number of carbonyl (C=O) groups is 2. The highest BCUT2D eigenvalue weighted by molar-refractivity contribution is 7.91. The molecule has 2 N–H and O–H groups in total. The summed E-state index contributed by atoms with van der Waals surface area (Å²) in [4.78, 5) is 23.6. The van der Waals surface area contributed by atoms with Crippen molar-refractivity contribution in [2.24, 2.45) is 0 Å². The van der Waals surface area contributed by atoms with Crippen molar-refractivity contribution in [2.45, 2.75) is 56.3 Å². The standard InChI is InChI=1S/C17H20FNO6S/c1-17(8-9-17)26(23,24)19-15(20)12-7-6-11(16(21)22)13(18)14(12)25-10-4-2-3-5-10/h6-7,10H,2-5,8-9H2,1H3,(H,19,20)(H,21,22). The van der Waals surface area contributed by atoms with Crippen LogP contribution in [0.5, 0.6) is 5.75 Å². The number of aromatic carboxylic acids is 1. The zero-order valence-electron chi connectivity index (χ0n) is 14.2. The number of nitrogens with one attached hydrogen (secondary N) is 1. The molecule has 142 valence electrons. The highest BCUT2D eigenvalue weighted by atomic mass is 32.2. The molecule has 0 aliphatic heterocycles. The molecule has 1 aromatic carbocycles. The van der Waals surface area contributed by atoms with E-state index in [1.54, 1.807) is 0 Å². The number of carbonyl (C=O) groups excluding carboxylic acids is 1. The van der Waals surface area contributed by atoms with E-state index < -0.39 is 43.8 Å². The predicted octanol–water partition coefficient (Wildman–Crippen LogP) is 2.46. The van der Waals surface area contributed by atoms with E-state index >= 15 is 0 Å². The Bertz CT molecular complexity index is 856. The Hall–Kier alpha value is -2.16. The van der Waals surface area contributed by atoms with Crippen LogP contribution in [0.3, 0.4) is 0 Å². The molecule has 7 nitrogen and oxygen atoms in total. The van der Waals surface area contributed by atoms with Crippen LogP contribution in [0, 0.1) is 5.82 Å². The zero-order valence-corrected chi connectivity index (χ0v) is 15.1. The molecule has 3 rings (SSSR count). The summed E-state index contributed by atoms with van der Waals surface area (Å²) in [6.07, 6.45) is 3.64. The van der Waals surface area contributed by atoms with E-state index in [0.717, 1.165) is 25.0 Å². The molecule has 0 unspecified atom stereocenters. The van der Waals surface area contributed by atoms with Gasteiger partial charge in [0.15, 0.2) is 11.6 Å². The van der Waals surface area contributed by atoms with Crippen molar-refractivity contribution in [1.82, 2.24) is 4.72 Å². The molecule has 2 fully saturated rings. The first kappa shape index (κ1) is 18.6. The van der Waals surface area contributed by atoms with Gasteiger partial charge in [-0.3, -0.25) is 4.79 Å². The number of hydrogen-bond acceptors (Lipinski definition) is 5. The van der Waals surface area contributed by atoms with Gasteiger partial charge in [-0.15, -0.1) is 0 Å². The maximum atomic E-state index is 14.6. The number of benzene rings is 1. The third kappa shape index (κ3) is 3.40. The van der Waals surface area contributed by atoms with Gasteiger partial charge in [0.05, 0.1) is 22.0 Å². The van der Waals surface area contributed by atoms with Crippen molar-refractivity contribution in [1.29, 1.82) is 0 Å². The van der Waals surface area contributed by atoms with Crippen LogP contribution >= 0.6 is 0 Å². The van der Waals surface area contributed by atoms with Crippen LogP contribution in [-0.4, -0.2) is 36.3 Å². The lowest BCUT2D eigenvalue weighted by Crippen LogP contribution is -2.38. The van der Waals surface area contributed by atoms with Crippen LogP contribution in [-0.2, 0) is 10.0 Å². The van der Waals surface area contributed by atoms with Gasteiger partial charge in [-0.1, -0.05) is 0 Å². The third-order valence-electron chi connectivity index (χ3n) is 4.99. The normalized spacial score (nSPS) is 19.2. The Morgan fingerprint density at radius 1 is 1.23 bits per heavy atom. The lowest BCUT2D eigenvalue weighted by molar-refractivity contribution is 0.0688. The molecular weight excluding hydrogens is 365 g/mol. The Balaban J connectivity index is 1.95. The third-order valence-corrected chi connectivity index (χ3v) is 7.15. The average molecular weight is 385 g/mol. The molecule has 2 aliphatic carbocycles. The first-order valence-corrected chi connectivity index (χ1v) is 9.92. The quantitative estimate of drug-likeness (QED) is 0.778. The van der Waals surface area contributed by atoms with E-state index in [2.05, 4.69) is 0 Å². The smallest absolute Gasteiger partial charge is 0.338 e. The summed E-state index contributed by atoms with van der Waals surface area (Å²) in [5.41, 5.74) is -0.959. The van der Waals surface area contributed by atoms with Gasteiger partial charge in [-0.05, 0) is 57.6 Å². The average Bonchev–Trinajstić information content (AvgIpc) is 3.12. The van der Waals surface area contributed by atoms with Gasteiger partial charge in [-0.25, -0.2) is 22.3 Å². The van der Waals surface area contributed by atoms with Crippen LogP contribution in [0.2, 0.25) is 0 Å². The van der Waals surface area contributed by atoms with Crippen molar-refractivity contribution >= 4 is 21.9 Å². The fraction of sp³-hybridized carbons (Fsp3) is 0.529. The number of rotatable bonds is 6. The highest BCUT2D eigenvalue weighted by Gasteiger charge is 2.51. The van der Waals surface area contributed by atoms with Crippen molar-refractivity contribution in [3.05, 3.63) is 29.1 Å². The minimum atomic E-state index is -3.91. The first-order chi connectivity index (χ1) is 12.1. The van der Waals surface area contributed by atoms with Gasteiger partial charge in [0, 0.05) is 0 Å². The SMILES string of the molecule is CC1(S(=O)(=O)NC(=O)c2ccc(C(=O)O)c(F)c2OC2CCCC2)CC1. The van der Waals surface area contributed by atoms with E-state index in [-0.39, 0.29) is 11.7 Å². The lowest BCUT2D eigenvalue weighted by atomic mass is 10.1. The van der Waals surface area contributed by atoms with Crippen LogP contribution in [0.15, 0.2) is 12.1 Å². The van der Waals surface area contributed by atoms with Gasteiger partial charge in [-0.2, -0.15) is 0 Å². The minimum absolute atomic E-state index is 0.327. The summed E-state index contributed by atoms with van der Waals surface area (Å²) in [6, 6.07) is 2.01. The van der Waals surface area contributed by atoms with Gasteiger partial charge >= 0.3 is 5.97 Å². The molecule has 0 radical (unpaired) electrons. The van der Waals surface area contributed by atoms with Crippen LogP contribution in [0.1, 0.15) is 66.2 Å². The van der Waals surface area contributed by atoms with E-state index in [1.807, 2.05) is 4.72 Å². The Morgan fingerprint density at radius 3 is 2.35 bits per heavy atom. The highest BCUT2D eigenvalue weighted by Crippen LogP contribution is 2.42. The monoisotopic (exact) mass is 385 g/mol. The first-order valence-electron chi connectivity index (χ1n) is 8.44. The molecule has 0 aromatic heterocycles. The molecule has 26 heavy (non-hydrogen) atoms. The summed E-state index contributed by atoms with van der Waals surface area (Å²) in [6.45, 7) is 1.52. The summed E-state index contributed by atoms with van der Waals surface area (Å²) in [7, 11) is -3.91.